The Morgan fingerprint density at radius 3 is 3.00 bits per heavy atom. The summed E-state index contributed by atoms with van der Waals surface area (Å²) in [6, 6.07) is 0. The Labute approximate surface area is 68.5 Å². The molecule has 0 amide bonds. The highest BCUT2D eigenvalue weighted by Gasteiger charge is 2.09. The molecule has 1 aliphatic carbocycles. The minimum absolute atomic E-state index is 0.799. The summed E-state index contributed by atoms with van der Waals surface area (Å²) in [7, 11) is 0. The van der Waals surface area contributed by atoms with Gasteiger partial charge in [-0.15, -0.1) is 0 Å². The lowest BCUT2D eigenvalue weighted by atomic mass is 10.1. The molecule has 1 aliphatic rings. The van der Waals surface area contributed by atoms with Crippen LogP contribution >= 0.6 is 0 Å². The van der Waals surface area contributed by atoms with E-state index >= 15 is 0 Å². The van der Waals surface area contributed by atoms with Crippen molar-refractivity contribution in [3.8, 4) is 0 Å². The third-order valence-electron chi connectivity index (χ3n) is 1.83. The number of hydrogen-bond acceptors (Lipinski definition) is 1. The van der Waals surface area contributed by atoms with Gasteiger partial charge < -0.3 is 0 Å². The Morgan fingerprint density at radius 2 is 2.45 bits per heavy atom. The van der Waals surface area contributed by atoms with Crippen LogP contribution in [0.25, 0.3) is 0 Å². The molecule has 0 bridgehead atoms. The normalized spacial score (nSPS) is 25.3. The summed E-state index contributed by atoms with van der Waals surface area (Å²) in [5.74, 6) is 0.799. The molecule has 11 heavy (non-hydrogen) atoms. The highest BCUT2D eigenvalue weighted by atomic mass is 14.7. The zero-order valence-corrected chi connectivity index (χ0v) is 7.25. The fraction of sp³-hybridized carbons (Fsp3) is 0.500. The summed E-state index contributed by atoms with van der Waals surface area (Å²) < 4.78 is 0. The van der Waals surface area contributed by atoms with E-state index in [1.165, 1.54) is 12.1 Å². The predicted molar refractivity (Wildman–Crippen MR) is 49.8 cm³/mol. The van der Waals surface area contributed by atoms with E-state index in [0.29, 0.717) is 0 Å². The van der Waals surface area contributed by atoms with Gasteiger partial charge in [0.2, 0.25) is 0 Å². The van der Waals surface area contributed by atoms with Crippen molar-refractivity contribution in [2.75, 3.05) is 0 Å². The van der Waals surface area contributed by atoms with E-state index in [0.717, 1.165) is 12.3 Å². The highest BCUT2D eigenvalue weighted by molar-refractivity contribution is 5.72. The van der Waals surface area contributed by atoms with Gasteiger partial charge in [0.1, 0.15) is 0 Å². The van der Waals surface area contributed by atoms with Crippen LogP contribution in [0.5, 0.6) is 0 Å². The molecule has 0 radical (unpaired) electrons. The van der Waals surface area contributed by atoms with E-state index in [4.69, 9.17) is 0 Å². The summed E-state index contributed by atoms with van der Waals surface area (Å²) in [5, 5.41) is 0. The van der Waals surface area contributed by atoms with Crippen LogP contribution in [0.1, 0.15) is 26.7 Å². The van der Waals surface area contributed by atoms with Gasteiger partial charge in [0.25, 0.3) is 0 Å². The SMILES string of the molecule is C/C=C\C=NC1=CCC(C)C1. The highest BCUT2D eigenvalue weighted by Crippen LogP contribution is 2.24. The van der Waals surface area contributed by atoms with Crippen LogP contribution in [0.2, 0.25) is 0 Å². The van der Waals surface area contributed by atoms with Gasteiger partial charge in [-0.3, -0.25) is 4.99 Å². The van der Waals surface area contributed by atoms with Gasteiger partial charge >= 0.3 is 0 Å². The van der Waals surface area contributed by atoms with Crippen molar-refractivity contribution in [3.05, 3.63) is 23.9 Å². The van der Waals surface area contributed by atoms with Crippen LogP contribution in [-0.2, 0) is 0 Å². The first kappa shape index (κ1) is 8.25. The molecule has 0 spiro atoms. The average molecular weight is 149 g/mol. The number of aliphatic imine (C=N–C) groups is 1. The number of hydrogen-bond donors (Lipinski definition) is 0. The van der Waals surface area contributed by atoms with Crippen molar-refractivity contribution >= 4 is 6.21 Å². The first-order valence-electron chi connectivity index (χ1n) is 4.17. The first-order chi connectivity index (χ1) is 5.33. The molecule has 0 aliphatic heterocycles. The summed E-state index contributed by atoms with van der Waals surface area (Å²) in [6.45, 7) is 4.26. The van der Waals surface area contributed by atoms with Crippen molar-refractivity contribution in [1.29, 1.82) is 0 Å². The average Bonchev–Trinajstić information content (AvgIpc) is 2.37. The summed E-state index contributed by atoms with van der Waals surface area (Å²) in [5.41, 5.74) is 1.25. The molecular weight excluding hydrogens is 134 g/mol. The maximum Gasteiger partial charge on any atom is 0.0366 e. The Bertz CT molecular complexity index is 199. The third kappa shape index (κ3) is 2.71. The molecule has 1 atom stereocenters. The van der Waals surface area contributed by atoms with Crippen molar-refractivity contribution in [2.45, 2.75) is 26.7 Å². The maximum absolute atomic E-state index is 4.31. The van der Waals surface area contributed by atoms with Gasteiger partial charge in [-0.25, -0.2) is 0 Å². The molecule has 60 valence electrons. The molecule has 0 saturated carbocycles. The maximum atomic E-state index is 4.31. The van der Waals surface area contributed by atoms with Crippen molar-refractivity contribution in [3.63, 3.8) is 0 Å². The predicted octanol–water partition coefficient (Wildman–Crippen LogP) is 2.95. The molecule has 0 aromatic heterocycles. The lowest BCUT2D eigenvalue weighted by Gasteiger charge is -1.96. The number of rotatable bonds is 2. The second-order valence-electron chi connectivity index (χ2n) is 3.04. The summed E-state index contributed by atoms with van der Waals surface area (Å²) in [4.78, 5) is 4.31. The molecular formula is C10H15N. The Balaban J connectivity index is 2.39. The van der Waals surface area contributed by atoms with Crippen molar-refractivity contribution in [2.24, 2.45) is 10.9 Å². The van der Waals surface area contributed by atoms with E-state index in [-0.39, 0.29) is 0 Å². The van der Waals surface area contributed by atoms with E-state index in [1.54, 1.807) is 0 Å². The van der Waals surface area contributed by atoms with Gasteiger partial charge in [0, 0.05) is 11.9 Å². The summed E-state index contributed by atoms with van der Waals surface area (Å²) >= 11 is 0. The lowest BCUT2D eigenvalue weighted by molar-refractivity contribution is 0.626. The zero-order chi connectivity index (χ0) is 8.10. The largest absolute Gasteiger partial charge is 0.262 e. The first-order valence-corrected chi connectivity index (χ1v) is 4.17. The second-order valence-corrected chi connectivity index (χ2v) is 3.04. The Morgan fingerprint density at radius 1 is 1.64 bits per heavy atom. The molecule has 0 saturated heterocycles. The van der Waals surface area contributed by atoms with Crippen LogP contribution in [0, 0.1) is 5.92 Å². The lowest BCUT2D eigenvalue weighted by Crippen LogP contribution is -1.83. The van der Waals surface area contributed by atoms with E-state index < -0.39 is 0 Å². The van der Waals surface area contributed by atoms with Crippen molar-refractivity contribution < 1.29 is 0 Å². The molecule has 0 heterocycles. The van der Waals surface area contributed by atoms with Gasteiger partial charge in [-0.2, -0.15) is 0 Å². The molecule has 1 heteroatoms. The van der Waals surface area contributed by atoms with E-state index in [9.17, 15) is 0 Å². The van der Waals surface area contributed by atoms with Crippen LogP contribution in [0.4, 0.5) is 0 Å². The summed E-state index contributed by atoms with van der Waals surface area (Å²) in [6.07, 6.45) is 10.4. The zero-order valence-electron chi connectivity index (χ0n) is 7.25. The van der Waals surface area contributed by atoms with E-state index in [1.807, 2.05) is 25.3 Å². The van der Waals surface area contributed by atoms with E-state index in [2.05, 4.69) is 18.0 Å². The van der Waals surface area contributed by atoms with Crippen LogP contribution in [0.15, 0.2) is 28.9 Å². The van der Waals surface area contributed by atoms with Gasteiger partial charge in [0.15, 0.2) is 0 Å². The molecule has 0 aromatic carbocycles. The Kier molecular flexibility index (Phi) is 3.09. The third-order valence-corrected chi connectivity index (χ3v) is 1.83. The molecule has 0 fully saturated rings. The number of allylic oxidation sites excluding steroid dienone is 4. The van der Waals surface area contributed by atoms with Crippen molar-refractivity contribution in [1.82, 2.24) is 0 Å². The monoisotopic (exact) mass is 149 g/mol. The standard InChI is InChI=1S/C10H15N/c1-3-4-7-11-10-6-5-9(2)8-10/h3-4,6-7,9H,5,8H2,1-2H3/b4-3-,11-7?. The topological polar surface area (TPSA) is 12.4 Å². The molecule has 1 rings (SSSR count). The molecule has 1 nitrogen and oxygen atoms in total. The van der Waals surface area contributed by atoms with Crippen LogP contribution in [-0.4, -0.2) is 6.21 Å². The van der Waals surface area contributed by atoms with Crippen LogP contribution in [0.3, 0.4) is 0 Å². The quantitative estimate of drug-likeness (QED) is 0.535. The minimum atomic E-state index is 0.799. The smallest absolute Gasteiger partial charge is 0.0366 e. The Hall–Kier alpha value is -0.850. The van der Waals surface area contributed by atoms with Crippen LogP contribution < -0.4 is 0 Å². The number of nitrogens with zero attached hydrogens (tertiary/aromatic N) is 1. The van der Waals surface area contributed by atoms with Gasteiger partial charge in [-0.05, 0) is 31.8 Å². The fourth-order valence-electron chi connectivity index (χ4n) is 1.19. The molecule has 0 N–H and O–H groups in total. The van der Waals surface area contributed by atoms with Gasteiger partial charge in [0.05, 0.1) is 0 Å². The molecule has 1 unspecified atom stereocenters. The second kappa shape index (κ2) is 4.12. The molecule has 0 aromatic rings. The minimum Gasteiger partial charge on any atom is -0.262 e. The fourth-order valence-corrected chi connectivity index (χ4v) is 1.19. The van der Waals surface area contributed by atoms with Gasteiger partial charge in [-0.1, -0.05) is 19.1 Å².